The number of sulfonamides is 1. The van der Waals surface area contributed by atoms with E-state index in [0.29, 0.717) is 11.3 Å². The van der Waals surface area contributed by atoms with E-state index in [1.165, 1.54) is 18.2 Å². The monoisotopic (exact) mass is 483 g/mol. The summed E-state index contributed by atoms with van der Waals surface area (Å²) in [6.45, 7) is 0.0584. The SMILES string of the molecule is O=C(NCCNS(=O)(=O)c1cc(Cl)ccc1Cl)c1ccc(NC(=O)C2CCCC2)cc1. The number of anilines is 1. The lowest BCUT2D eigenvalue weighted by molar-refractivity contribution is -0.119. The van der Waals surface area contributed by atoms with Crippen LogP contribution < -0.4 is 15.4 Å². The molecule has 10 heteroatoms. The molecular formula is C21H23Cl2N3O4S. The first-order valence-corrected chi connectivity index (χ1v) is 12.1. The zero-order valence-corrected chi connectivity index (χ0v) is 19.0. The molecule has 1 aliphatic carbocycles. The van der Waals surface area contributed by atoms with Gasteiger partial charge in [-0.2, -0.15) is 0 Å². The van der Waals surface area contributed by atoms with Crippen molar-refractivity contribution in [2.24, 2.45) is 5.92 Å². The molecule has 0 saturated heterocycles. The maximum absolute atomic E-state index is 12.3. The van der Waals surface area contributed by atoms with Crippen LogP contribution >= 0.6 is 23.2 Å². The molecule has 7 nitrogen and oxygen atoms in total. The third-order valence-corrected chi connectivity index (χ3v) is 7.20. The molecule has 2 amide bonds. The Morgan fingerprint density at radius 2 is 1.65 bits per heavy atom. The van der Waals surface area contributed by atoms with Crippen molar-refractivity contribution in [2.45, 2.75) is 30.6 Å². The number of amides is 2. The second-order valence-electron chi connectivity index (χ2n) is 7.28. The van der Waals surface area contributed by atoms with Crippen molar-refractivity contribution in [1.82, 2.24) is 10.0 Å². The van der Waals surface area contributed by atoms with Gasteiger partial charge in [0.05, 0.1) is 5.02 Å². The summed E-state index contributed by atoms with van der Waals surface area (Å²) in [6.07, 6.45) is 4.00. The molecule has 2 aromatic carbocycles. The van der Waals surface area contributed by atoms with Gasteiger partial charge in [0.2, 0.25) is 15.9 Å². The Bertz CT molecular complexity index is 1050. The molecule has 3 rings (SSSR count). The van der Waals surface area contributed by atoms with E-state index >= 15 is 0 Å². The van der Waals surface area contributed by atoms with E-state index in [4.69, 9.17) is 23.2 Å². The van der Waals surface area contributed by atoms with Crippen molar-refractivity contribution in [2.75, 3.05) is 18.4 Å². The van der Waals surface area contributed by atoms with Crippen LogP contribution in [0.2, 0.25) is 10.0 Å². The van der Waals surface area contributed by atoms with Crippen LogP contribution in [-0.4, -0.2) is 33.3 Å². The van der Waals surface area contributed by atoms with E-state index < -0.39 is 10.0 Å². The molecule has 3 N–H and O–H groups in total. The number of carbonyl (C=O) groups excluding carboxylic acids is 2. The molecule has 1 aliphatic rings. The minimum atomic E-state index is -3.86. The van der Waals surface area contributed by atoms with Gasteiger partial charge >= 0.3 is 0 Å². The average molecular weight is 484 g/mol. The third kappa shape index (κ3) is 6.43. The number of hydrogen-bond donors (Lipinski definition) is 3. The highest BCUT2D eigenvalue weighted by atomic mass is 35.5. The van der Waals surface area contributed by atoms with Gasteiger partial charge in [-0.25, -0.2) is 13.1 Å². The van der Waals surface area contributed by atoms with Crippen LogP contribution in [0.3, 0.4) is 0 Å². The largest absolute Gasteiger partial charge is 0.351 e. The van der Waals surface area contributed by atoms with Crippen molar-refractivity contribution >= 4 is 50.7 Å². The van der Waals surface area contributed by atoms with Crippen molar-refractivity contribution in [3.05, 3.63) is 58.1 Å². The Labute approximate surface area is 191 Å². The Morgan fingerprint density at radius 1 is 0.968 bits per heavy atom. The number of nitrogens with one attached hydrogen (secondary N) is 3. The summed E-state index contributed by atoms with van der Waals surface area (Å²) in [5, 5.41) is 5.82. The first-order valence-electron chi connectivity index (χ1n) is 9.90. The average Bonchev–Trinajstić information content (AvgIpc) is 3.28. The van der Waals surface area contributed by atoms with Crippen LogP contribution in [0.4, 0.5) is 5.69 Å². The minimum absolute atomic E-state index is 0.0155. The third-order valence-electron chi connectivity index (χ3n) is 5.03. The molecule has 0 bridgehead atoms. The highest BCUT2D eigenvalue weighted by Crippen LogP contribution is 2.26. The fourth-order valence-corrected chi connectivity index (χ4v) is 5.15. The van der Waals surface area contributed by atoms with Gasteiger partial charge in [-0.3, -0.25) is 9.59 Å². The van der Waals surface area contributed by atoms with Crippen LogP contribution in [0.15, 0.2) is 47.4 Å². The van der Waals surface area contributed by atoms with Crippen LogP contribution in [0.5, 0.6) is 0 Å². The van der Waals surface area contributed by atoms with Crippen molar-refractivity contribution in [1.29, 1.82) is 0 Å². The molecule has 0 aliphatic heterocycles. The summed E-state index contributed by atoms with van der Waals surface area (Å²) in [6, 6.07) is 10.7. The standard InChI is InChI=1S/C21H23Cl2N3O4S/c22-16-7-10-18(23)19(13-16)31(29,30)25-12-11-24-20(27)15-5-8-17(9-6-15)26-21(28)14-3-1-2-4-14/h5-10,13-14,25H,1-4,11-12H2,(H,24,27)(H,26,28). The van der Waals surface area contributed by atoms with Gasteiger partial charge in [0.15, 0.2) is 0 Å². The van der Waals surface area contributed by atoms with Crippen LogP contribution in [0.1, 0.15) is 36.0 Å². The normalized spacial score (nSPS) is 14.4. The fourth-order valence-electron chi connectivity index (χ4n) is 3.36. The number of benzene rings is 2. The smallest absolute Gasteiger partial charge is 0.251 e. The number of hydrogen-bond acceptors (Lipinski definition) is 4. The Hall–Kier alpha value is -2.13. The zero-order valence-electron chi connectivity index (χ0n) is 16.7. The fraction of sp³-hybridized carbons (Fsp3) is 0.333. The van der Waals surface area contributed by atoms with E-state index in [1.54, 1.807) is 24.3 Å². The molecule has 2 aromatic rings. The van der Waals surface area contributed by atoms with Gasteiger partial charge in [0, 0.05) is 35.3 Å². The van der Waals surface area contributed by atoms with Gasteiger partial charge in [-0.15, -0.1) is 0 Å². The molecule has 0 aromatic heterocycles. The predicted molar refractivity (Wildman–Crippen MR) is 121 cm³/mol. The summed E-state index contributed by atoms with van der Waals surface area (Å²) < 4.78 is 27.1. The van der Waals surface area contributed by atoms with E-state index in [1.807, 2.05) is 0 Å². The molecule has 1 fully saturated rings. The molecule has 0 spiro atoms. The highest BCUT2D eigenvalue weighted by Gasteiger charge is 2.22. The van der Waals surface area contributed by atoms with E-state index in [-0.39, 0.29) is 45.8 Å². The molecular weight excluding hydrogens is 461 g/mol. The number of halogens is 2. The van der Waals surface area contributed by atoms with Crippen molar-refractivity contribution in [3.63, 3.8) is 0 Å². The highest BCUT2D eigenvalue weighted by molar-refractivity contribution is 7.89. The molecule has 1 saturated carbocycles. The lowest BCUT2D eigenvalue weighted by Crippen LogP contribution is -2.34. The number of carbonyl (C=O) groups is 2. The lowest BCUT2D eigenvalue weighted by Gasteiger charge is -2.11. The maximum Gasteiger partial charge on any atom is 0.251 e. The predicted octanol–water partition coefficient (Wildman–Crippen LogP) is 3.83. The molecule has 31 heavy (non-hydrogen) atoms. The quantitative estimate of drug-likeness (QED) is 0.496. The van der Waals surface area contributed by atoms with Gasteiger partial charge in [-0.1, -0.05) is 36.0 Å². The lowest BCUT2D eigenvalue weighted by atomic mass is 10.1. The van der Waals surface area contributed by atoms with E-state index in [2.05, 4.69) is 15.4 Å². The van der Waals surface area contributed by atoms with Crippen LogP contribution in [0, 0.1) is 5.92 Å². The minimum Gasteiger partial charge on any atom is -0.351 e. The second-order valence-corrected chi connectivity index (χ2v) is 9.86. The van der Waals surface area contributed by atoms with Gasteiger partial charge in [0.1, 0.15) is 4.90 Å². The topological polar surface area (TPSA) is 104 Å². The molecule has 0 unspecified atom stereocenters. The van der Waals surface area contributed by atoms with Gasteiger partial charge in [-0.05, 0) is 55.3 Å². The summed E-state index contributed by atoms with van der Waals surface area (Å²) in [4.78, 5) is 24.3. The summed E-state index contributed by atoms with van der Waals surface area (Å²) in [7, 11) is -3.86. The zero-order chi connectivity index (χ0) is 22.4. The summed E-state index contributed by atoms with van der Waals surface area (Å²) >= 11 is 11.8. The molecule has 166 valence electrons. The van der Waals surface area contributed by atoms with Crippen LogP contribution in [-0.2, 0) is 14.8 Å². The number of rotatable bonds is 8. The van der Waals surface area contributed by atoms with Crippen molar-refractivity contribution < 1.29 is 18.0 Å². The van der Waals surface area contributed by atoms with E-state index in [9.17, 15) is 18.0 Å². The maximum atomic E-state index is 12.3. The summed E-state index contributed by atoms with van der Waals surface area (Å²) in [5.74, 6) is -0.274. The second kappa shape index (κ2) is 10.5. The Morgan fingerprint density at radius 3 is 2.32 bits per heavy atom. The Balaban J connectivity index is 1.47. The first kappa shape index (κ1) is 23.5. The first-order chi connectivity index (χ1) is 14.8. The summed E-state index contributed by atoms with van der Waals surface area (Å²) in [5.41, 5.74) is 1.04. The molecule has 0 atom stereocenters. The van der Waals surface area contributed by atoms with Crippen molar-refractivity contribution in [3.8, 4) is 0 Å². The Kier molecular flexibility index (Phi) is 7.94. The van der Waals surface area contributed by atoms with Crippen LogP contribution in [0.25, 0.3) is 0 Å². The van der Waals surface area contributed by atoms with E-state index in [0.717, 1.165) is 25.7 Å². The van der Waals surface area contributed by atoms with Gasteiger partial charge in [0.25, 0.3) is 5.91 Å². The molecule has 0 radical (unpaired) electrons. The van der Waals surface area contributed by atoms with Gasteiger partial charge < -0.3 is 10.6 Å². The molecule has 0 heterocycles.